The van der Waals surface area contributed by atoms with Gasteiger partial charge in [0.25, 0.3) is 0 Å². The first kappa shape index (κ1) is 176. The van der Waals surface area contributed by atoms with E-state index in [0.29, 0.717) is 44.4 Å². The van der Waals surface area contributed by atoms with E-state index in [1.54, 1.807) is 0 Å². The average Bonchev–Trinajstić information content (AvgIpc) is 0.984. The standard InChI is InChI=1S/4C5H9N.2C4H7N.4C3H5N.50ClH.10Nb/c1-5(2,3)4-6;1-5(2)3-4-6;1-3-5(2)4-6;1-2-3-4-5-6;1-4(2)3-5;1-2-3-4-5;4*1-2-3-4;;;;;;;;;;;;;;;;;;;;;;;;;;;;;;;;;;;;;;;;;;;;;;;;;;;;;;;;;;;;/h1-3H3;2*5H,3H2,1-2H3;2-4H2,1H3;4H,1-2H3;2-3H2,1H3;4*2H2,1H3;50*1H;;;;;;;;;;/q;;;;;;;;;;;;;;;;;;;;;;;;;;;;;;;;;;;;;;;;;;;;;;;;;;;;;;;;;;;;10*+5/p-50. The summed E-state index contributed by atoms with van der Waals surface area (Å²) < 4.78 is 0. The fourth-order valence-corrected chi connectivity index (χ4v) is 0.641. The molecular weight excluding hydrogens is 3320 g/mol. The number of unbranched alkanes of at least 4 members (excludes halogenated alkanes) is 3. The van der Waals surface area contributed by atoms with E-state index in [1.165, 1.54) is 0 Å². The molecule has 0 heterocycles. The Bertz CT molecular complexity index is 2160. The summed E-state index contributed by atoms with van der Waals surface area (Å²) in [6, 6.07) is 20.1. The van der Waals surface area contributed by atoms with Gasteiger partial charge in [0, 0.05) is 62.2 Å². The maximum atomic E-state index is 8.15. The summed E-state index contributed by atoms with van der Waals surface area (Å²) in [5.74, 6) is 0.968. The van der Waals surface area contributed by atoms with Gasteiger partial charge in [0.1, 0.15) is 0 Å². The monoisotopic (exact) mass is 3370 g/mol. The topological polar surface area (TPSA) is 238 Å². The van der Waals surface area contributed by atoms with Gasteiger partial charge >= 0.3 is 564 Å². The number of rotatable bonds is 5. The van der Waals surface area contributed by atoms with E-state index in [1.807, 2.05) is 133 Å². The number of nitriles is 10. The van der Waals surface area contributed by atoms with E-state index in [9.17, 15) is 0 Å². The van der Waals surface area contributed by atoms with Crippen LogP contribution in [-0.2, 0) is 104 Å². The van der Waals surface area contributed by atoms with Crippen molar-refractivity contribution < 1.29 is 104 Å². The van der Waals surface area contributed by atoms with Crippen LogP contribution in [0, 0.1) is 136 Å². The molecule has 0 aliphatic rings. The van der Waals surface area contributed by atoms with E-state index < -0.39 is 104 Å². The Morgan fingerprint density at radius 2 is 0.382 bits per heavy atom. The van der Waals surface area contributed by atoms with Gasteiger partial charge in [0.2, 0.25) is 0 Å². The quantitative estimate of drug-likeness (QED) is 0.186. The maximum absolute atomic E-state index is 8.15. The van der Waals surface area contributed by atoms with Crippen LogP contribution in [0.15, 0.2) is 0 Å². The fourth-order valence-electron chi connectivity index (χ4n) is 0.641. The van der Waals surface area contributed by atoms with Gasteiger partial charge in [-0.3, -0.25) is 0 Å². The fraction of sp³-hybridized carbons (Fsp3) is 0.750. The molecule has 0 spiro atoms. The molecule has 110 heavy (non-hydrogen) atoms. The molecule has 0 aromatic heterocycles. The molecule has 0 aromatic carbocycles. The van der Waals surface area contributed by atoms with Gasteiger partial charge in [-0.2, -0.15) is 52.6 Å². The molecule has 0 aliphatic heterocycles. The van der Waals surface area contributed by atoms with Gasteiger partial charge < -0.3 is 0 Å². The second kappa shape index (κ2) is 83.9. The molecule has 0 radical (unpaired) electrons. The summed E-state index contributed by atoms with van der Waals surface area (Å²) in [6.07, 6.45) is 8.73. The molecule has 0 fully saturated rings. The van der Waals surface area contributed by atoms with Gasteiger partial charge in [-0.15, -0.1) is 0 Å². The van der Waals surface area contributed by atoms with Gasteiger partial charge in [-0.05, 0) is 66.7 Å². The van der Waals surface area contributed by atoms with Gasteiger partial charge in [0.15, 0.2) is 0 Å². The zero-order valence-corrected chi connectivity index (χ0v) is 118. The van der Waals surface area contributed by atoms with Gasteiger partial charge in [-0.1, -0.05) is 68.7 Å². The van der Waals surface area contributed by atoms with E-state index in [2.05, 4.69) is 31.2 Å². The summed E-state index contributed by atoms with van der Waals surface area (Å²) in [7, 11) is 209. The Morgan fingerprint density at radius 1 is 0.245 bits per heavy atom. The van der Waals surface area contributed by atoms with E-state index in [-0.39, 0.29) is 17.3 Å². The predicted octanol–water partition coefficient (Wildman–Crippen LogP) is 47.0. The van der Waals surface area contributed by atoms with E-state index in [4.69, 9.17) is 512 Å². The van der Waals surface area contributed by atoms with Gasteiger partial charge in [0.05, 0.1) is 60.7 Å². The molecule has 1 atom stereocenters. The molecule has 0 bridgehead atoms. The van der Waals surface area contributed by atoms with Crippen LogP contribution in [0.4, 0.5) is 0 Å². The average molecular weight is 3390 g/mol. The summed E-state index contributed by atoms with van der Waals surface area (Å²) >= 11 is 0. The van der Waals surface area contributed by atoms with E-state index in [0.717, 1.165) is 32.1 Å². The minimum atomic E-state index is -4.33. The van der Waals surface area contributed by atoms with Crippen LogP contribution in [0.25, 0.3) is 0 Å². The van der Waals surface area contributed by atoms with Crippen molar-refractivity contribution >= 4 is 459 Å². The Kier molecular flexibility index (Phi) is 134. The zero-order valence-electron chi connectivity index (χ0n) is 57.9. The van der Waals surface area contributed by atoms with Crippen LogP contribution < -0.4 is 0 Å². The SMILES string of the molecule is CC(C)(C)C#N.CC(C)C#N.CC(C)CC#N.CCC#N.CCC#N.CCC#N.CCC#N.CCC(C)C#N.CCCC#N.CCCCC#N.[Cl][Nb]([Cl])([Cl])([Cl])[Cl].[Cl][Nb]([Cl])([Cl])([Cl])[Cl].[Cl][Nb]([Cl])([Cl])([Cl])[Cl].[Cl][Nb]([Cl])([Cl])([Cl])[Cl].[Cl][Nb]([Cl])([Cl])([Cl])[Cl].[Cl][Nb]([Cl])([Cl])([Cl])[Cl].[Cl][Nb]([Cl])([Cl])([Cl])[Cl].[Cl][Nb]([Cl])([Cl])([Cl])[Cl].[Cl][Nb]([Cl])([Cl])([Cl])[Cl].[Cl][Nb]([Cl])([Cl])([Cl])[Cl]. The summed E-state index contributed by atoms with van der Waals surface area (Å²) in [6.45, 7) is 28.7. The van der Waals surface area contributed by atoms with Crippen LogP contribution in [0.1, 0.15) is 174 Å². The normalized spacial score (nSPS) is 13.9. The van der Waals surface area contributed by atoms with E-state index >= 15 is 0 Å². The Morgan fingerprint density at radius 3 is 0.391 bits per heavy atom. The van der Waals surface area contributed by atoms with Crippen molar-refractivity contribution in [3.63, 3.8) is 0 Å². The molecule has 0 aromatic rings. The first-order chi connectivity index (χ1) is 45.8. The van der Waals surface area contributed by atoms with Crippen LogP contribution in [0.3, 0.4) is 0 Å². The minimum absolute atomic E-state index is 0.153. The van der Waals surface area contributed by atoms with Crippen molar-refractivity contribution in [2.24, 2.45) is 23.2 Å². The number of nitrogens with zero attached hydrogens (tertiary/aromatic N) is 10. The van der Waals surface area contributed by atoms with Crippen molar-refractivity contribution in [2.75, 3.05) is 0 Å². The molecule has 0 saturated heterocycles. The first-order valence-electron chi connectivity index (χ1n) is 25.6. The first-order valence-corrected chi connectivity index (χ1v) is 167. The van der Waals surface area contributed by atoms with Crippen molar-refractivity contribution in [3.05, 3.63) is 0 Å². The van der Waals surface area contributed by atoms with Crippen molar-refractivity contribution in [1.29, 1.82) is 52.6 Å². The number of halogens is 50. The zero-order chi connectivity index (χ0) is 96.6. The van der Waals surface area contributed by atoms with Crippen LogP contribution in [0.2, 0.25) is 0 Å². The number of hydrogen-bond acceptors (Lipinski definition) is 10. The molecule has 0 aliphatic carbocycles. The van der Waals surface area contributed by atoms with Crippen LogP contribution >= 0.6 is 459 Å². The molecule has 0 N–H and O–H groups in total. The third-order valence-corrected chi connectivity index (χ3v) is 3.56. The van der Waals surface area contributed by atoms with Crippen molar-refractivity contribution in [1.82, 2.24) is 0 Å². The molecular formula is C40H70Cl50N10Nb10. The Hall–Kier alpha value is 16.8. The predicted molar refractivity (Wildman–Crippen MR) is 498 cm³/mol. The van der Waals surface area contributed by atoms with Crippen molar-refractivity contribution in [2.45, 2.75) is 174 Å². The molecule has 70 heteroatoms. The molecule has 0 amide bonds. The Balaban J connectivity index is -0.0000000431. The molecule has 0 rings (SSSR count). The Labute approximate surface area is 853 Å². The summed E-state index contributed by atoms with van der Waals surface area (Å²) in [5, 5.41) is 78.4. The van der Waals surface area contributed by atoms with Crippen LogP contribution in [0.5, 0.6) is 0 Å². The van der Waals surface area contributed by atoms with Crippen LogP contribution in [-0.4, -0.2) is 0 Å². The summed E-state index contributed by atoms with van der Waals surface area (Å²) in [5.41, 5.74) is -0.153. The third kappa shape index (κ3) is 1340. The second-order valence-electron chi connectivity index (χ2n) is 17.4. The molecule has 680 valence electrons. The summed E-state index contributed by atoms with van der Waals surface area (Å²) in [4.78, 5) is 0. The van der Waals surface area contributed by atoms with Gasteiger partial charge in [-0.25, -0.2) is 0 Å². The third-order valence-electron chi connectivity index (χ3n) is 3.56. The number of hydrogen-bond donors (Lipinski definition) is 0. The molecule has 10 nitrogen and oxygen atoms in total. The van der Waals surface area contributed by atoms with Crippen molar-refractivity contribution in [3.8, 4) is 60.7 Å². The second-order valence-corrected chi connectivity index (χ2v) is 351. The molecule has 1 unspecified atom stereocenters. The molecule has 0 saturated carbocycles.